The van der Waals surface area contributed by atoms with Crippen LogP contribution in [0.1, 0.15) is 17.4 Å². The van der Waals surface area contributed by atoms with Gasteiger partial charge in [0.2, 0.25) is 10.8 Å². The Morgan fingerprint density at radius 1 is 1.22 bits per heavy atom. The number of thioether (sulfide) groups is 1. The van der Waals surface area contributed by atoms with Gasteiger partial charge < -0.3 is 9.30 Å². The number of aromatic nitrogens is 1. The highest BCUT2D eigenvalue weighted by molar-refractivity contribution is 8.19. The number of esters is 1. The zero-order valence-electron chi connectivity index (χ0n) is 14.7. The third-order valence-corrected chi connectivity index (χ3v) is 4.77. The average Bonchev–Trinajstić information content (AvgIpc) is 3.30. The number of para-hydroxylation sites is 1. The number of aryl methyl sites for hydroxylation is 1. The fourth-order valence-corrected chi connectivity index (χ4v) is 3.41. The molecule has 27 heavy (non-hydrogen) atoms. The number of allylic oxidation sites excluding steroid dienone is 1. The first-order valence-electron chi connectivity index (χ1n) is 8.16. The molecular weight excluding hydrogens is 364 g/mol. The first kappa shape index (κ1) is 18.5. The lowest BCUT2D eigenvalue weighted by molar-refractivity contribution is -0.134. The maximum absolute atomic E-state index is 12.9. The van der Waals surface area contributed by atoms with Gasteiger partial charge in [-0.25, -0.2) is 9.80 Å². The van der Waals surface area contributed by atoms with Crippen LogP contribution in [0.25, 0.3) is 0 Å². The van der Waals surface area contributed by atoms with Crippen molar-refractivity contribution in [1.82, 2.24) is 4.57 Å². The van der Waals surface area contributed by atoms with Gasteiger partial charge >= 0.3 is 5.97 Å². The predicted octanol–water partition coefficient (Wildman–Crippen LogP) is 3.07. The molecule has 7 nitrogen and oxygen atoms in total. The number of hydrazone groups is 1. The molecule has 0 amide bonds. The number of carbonyl (C=O) groups is 2. The summed E-state index contributed by atoms with van der Waals surface area (Å²) >= 11 is 0.954. The van der Waals surface area contributed by atoms with E-state index in [0.717, 1.165) is 11.8 Å². The number of hydrogen-bond acceptors (Lipinski definition) is 7. The fraction of sp³-hybridized carbons (Fsp3) is 0.158. The molecule has 0 spiro atoms. The van der Waals surface area contributed by atoms with Crippen LogP contribution in [0.5, 0.6) is 0 Å². The van der Waals surface area contributed by atoms with E-state index in [4.69, 9.17) is 4.74 Å². The minimum Gasteiger partial charge on any atom is -0.461 e. The maximum Gasteiger partial charge on any atom is 0.365 e. The van der Waals surface area contributed by atoms with E-state index in [0.29, 0.717) is 11.4 Å². The van der Waals surface area contributed by atoms with E-state index in [1.165, 1.54) is 5.01 Å². The monoisotopic (exact) mass is 380 g/mol. The van der Waals surface area contributed by atoms with Gasteiger partial charge in [-0.15, -0.1) is 0 Å². The highest BCUT2D eigenvalue weighted by Gasteiger charge is 2.33. The molecule has 0 unspecified atom stereocenters. The van der Waals surface area contributed by atoms with E-state index in [-0.39, 0.29) is 22.3 Å². The molecular formula is C19H16N4O3S. The fourth-order valence-electron chi connectivity index (χ4n) is 2.49. The molecule has 0 saturated carbocycles. The summed E-state index contributed by atoms with van der Waals surface area (Å²) in [5, 5.41) is 15.8. The number of nitrogens with zero attached hydrogens (tertiary/aromatic N) is 4. The van der Waals surface area contributed by atoms with E-state index in [2.05, 4.69) is 5.10 Å². The number of hydrogen-bond donors (Lipinski definition) is 0. The lowest BCUT2D eigenvalue weighted by Crippen LogP contribution is -2.16. The summed E-state index contributed by atoms with van der Waals surface area (Å²) in [5.41, 5.74) is 0.915. The number of carbonyl (C=O) groups excluding carboxylic acids is 2. The normalized spacial score (nSPS) is 15.1. The number of ketones is 1. The summed E-state index contributed by atoms with van der Waals surface area (Å²) in [5.74, 6) is -1.03. The molecule has 0 aliphatic carbocycles. The SMILES string of the molecule is CCOC(=O)C1=NN(c2ccccc2)/C(=C(/C#N)C(=O)c2cccn2C)S1. The van der Waals surface area contributed by atoms with Crippen LogP contribution in [-0.2, 0) is 16.6 Å². The van der Waals surface area contributed by atoms with E-state index < -0.39 is 11.8 Å². The molecule has 1 aromatic carbocycles. The van der Waals surface area contributed by atoms with E-state index in [9.17, 15) is 14.9 Å². The Balaban J connectivity index is 2.09. The molecule has 2 heterocycles. The summed E-state index contributed by atoms with van der Waals surface area (Å²) in [7, 11) is 1.73. The number of nitriles is 1. The molecule has 0 radical (unpaired) electrons. The molecule has 136 valence electrons. The van der Waals surface area contributed by atoms with Crippen LogP contribution < -0.4 is 5.01 Å². The van der Waals surface area contributed by atoms with E-state index >= 15 is 0 Å². The van der Waals surface area contributed by atoms with Crippen molar-refractivity contribution in [3.63, 3.8) is 0 Å². The molecule has 0 saturated heterocycles. The zero-order chi connectivity index (χ0) is 19.4. The second kappa shape index (κ2) is 7.93. The van der Waals surface area contributed by atoms with Gasteiger partial charge in [-0.05, 0) is 43.0 Å². The topological polar surface area (TPSA) is 87.7 Å². The van der Waals surface area contributed by atoms with Crippen LogP contribution >= 0.6 is 11.8 Å². The lowest BCUT2D eigenvalue weighted by atomic mass is 10.1. The number of ether oxygens (including phenoxy) is 1. The zero-order valence-corrected chi connectivity index (χ0v) is 15.6. The van der Waals surface area contributed by atoms with Crippen molar-refractivity contribution >= 4 is 34.2 Å². The van der Waals surface area contributed by atoms with Gasteiger partial charge in [-0.2, -0.15) is 10.4 Å². The first-order chi connectivity index (χ1) is 13.1. The molecule has 0 fully saturated rings. The first-order valence-corrected chi connectivity index (χ1v) is 8.97. The van der Waals surface area contributed by atoms with Gasteiger partial charge in [0.1, 0.15) is 16.7 Å². The van der Waals surface area contributed by atoms with Gasteiger partial charge in [0.15, 0.2) is 0 Å². The molecule has 8 heteroatoms. The Labute approximate surface area is 160 Å². The van der Waals surface area contributed by atoms with Crippen molar-refractivity contribution in [3.8, 4) is 6.07 Å². The van der Waals surface area contributed by atoms with Crippen molar-refractivity contribution in [1.29, 1.82) is 5.26 Å². The molecule has 1 aliphatic heterocycles. The highest BCUT2D eigenvalue weighted by atomic mass is 32.2. The predicted molar refractivity (Wildman–Crippen MR) is 103 cm³/mol. The average molecular weight is 380 g/mol. The van der Waals surface area contributed by atoms with E-state index in [1.54, 1.807) is 61.1 Å². The second-order valence-corrected chi connectivity index (χ2v) is 6.48. The molecule has 0 atom stereocenters. The number of Topliss-reactive ketones (excluding diaryl/α,β-unsaturated/α-hetero) is 1. The van der Waals surface area contributed by atoms with Crippen LogP contribution in [0.3, 0.4) is 0 Å². The van der Waals surface area contributed by atoms with Gasteiger partial charge in [0, 0.05) is 13.2 Å². The summed E-state index contributed by atoms with van der Waals surface area (Å²) in [6.45, 7) is 1.90. The summed E-state index contributed by atoms with van der Waals surface area (Å²) < 4.78 is 6.65. The molecule has 0 N–H and O–H groups in total. The van der Waals surface area contributed by atoms with Gasteiger partial charge in [-0.3, -0.25) is 4.79 Å². The minimum absolute atomic E-state index is 0.0723. The van der Waals surface area contributed by atoms with Crippen molar-refractivity contribution in [3.05, 3.63) is 65.0 Å². The Kier molecular flexibility index (Phi) is 5.43. The van der Waals surface area contributed by atoms with Crippen molar-refractivity contribution < 1.29 is 14.3 Å². The standard InChI is InChI=1S/C19H16N4O3S/c1-3-26-19(25)17-21-23(13-8-5-4-6-9-13)18(27-17)14(12-20)16(24)15-10-7-11-22(15)2/h4-11H,3H2,1-2H3/b18-14+. The van der Waals surface area contributed by atoms with Crippen LogP contribution in [-0.4, -0.2) is 28.0 Å². The van der Waals surface area contributed by atoms with Crippen LogP contribution in [0.4, 0.5) is 5.69 Å². The smallest absolute Gasteiger partial charge is 0.365 e. The second-order valence-electron chi connectivity index (χ2n) is 5.50. The van der Waals surface area contributed by atoms with Crippen LogP contribution in [0.2, 0.25) is 0 Å². The number of anilines is 1. The largest absolute Gasteiger partial charge is 0.461 e. The third-order valence-electron chi connectivity index (χ3n) is 3.76. The number of rotatable bonds is 5. The summed E-state index contributed by atoms with van der Waals surface area (Å²) in [6.07, 6.45) is 1.73. The molecule has 2 aromatic rings. The molecule has 0 bridgehead atoms. The number of benzene rings is 1. The van der Waals surface area contributed by atoms with Crippen molar-refractivity contribution in [2.45, 2.75) is 6.92 Å². The van der Waals surface area contributed by atoms with Crippen molar-refractivity contribution in [2.75, 3.05) is 11.6 Å². The van der Waals surface area contributed by atoms with Gasteiger partial charge in [0.25, 0.3) is 0 Å². The quantitative estimate of drug-likeness (QED) is 0.343. The third kappa shape index (κ3) is 3.64. The van der Waals surface area contributed by atoms with Gasteiger partial charge in [0.05, 0.1) is 18.0 Å². The minimum atomic E-state index is -0.595. The molecule has 1 aliphatic rings. The highest BCUT2D eigenvalue weighted by Crippen LogP contribution is 2.37. The van der Waals surface area contributed by atoms with Gasteiger partial charge in [-0.1, -0.05) is 18.2 Å². The van der Waals surface area contributed by atoms with E-state index in [1.807, 2.05) is 12.1 Å². The Morgan fingerprint density at radius 2 is 1.96 bits per heavy atom. The molecule has 1 aromatic heterocycles. The van der Waals surface area contributed by atoms with Crippen LogP contribution in [0, 0.1) is 11.3 Å². The molecule has 3 rings (SSSR count). The lowest BCUT2D eigenvalue weighted by Gasteiger charge is -2.16. The summed E-state index contributed by atoms with van der Waals surface area (Å²) in [6, 6.07) is 14.4. The Morgan fingerprint density at radius 3 is 2.56 bits per heavy atom. The maximum atomic E-state index is 12.9. The Bertz CT molecular complexity index is 986. The summed E-state index contributed by atoms with van der Waals surface area (Å²) in [4.78, 5) is 25.1. The van der Waals surface area contributed by atoms with Crippen LogP contribution in [0.15, 0.2) is 64.4 Å². The Hall–Kier alpha value is -3.31. The van der Waals surface area contributed by atoms with Crippen molar-refractivity contribution in [2.24, 2.45) is 12.1 Å².